The average molecular weight is 306 g/mol. The molecule has 0 spiro atoms. The van der Waals surface area contributed by atoms with Crippen molar-refractivity contribution in [1.82, 2.24) is 0 Å². The van der Waals surface area contributed by atoms with Crippen molar-refractivity contribution in [2.24, 2.45) is 0 Å². The Morgan fingerprint density at radius 2 is 1.10 bits per heavy atom. The molecule has 0 saturated heterocycles. The highest BCUT2D eigenvalue weighted by atomic mass is 16.8. The quantitative estimate of drug-likeness (QED) is 0.567. The average Bonchev–Trinajstić information content (AvgIpc) is 2.49. The lowest BCUT2D eigenvalue weighted by atomic mass is 9.91. The van der Waals surface area contributed by atoms with E-state index >= 15 is 0 Å². The van der Waals surface area contributed by atoms with Gasteiger partial charge in [0.1, 0.15) is 12.2 Å². The zero-order valence-corrected chi connectivity index (χ0v) is 12.0. The predicted octanol–water partition coefficient (Wildman–Crippen LogP) is 1.63. The van der Waals surface area contributed by atoms with Crippen molar-refractivity contribution < 1.29 is 42.8 Å². The monoisotopic (exact) mass is 306 g/mol. The van der Waals surface area contributed by atoms with Crippen LogP contribution in [0.3, 0.4) is 0 Å². The van der Waals surface area contributed by atoms with Crippen molar-refractivity contribution in [2.75, 3.05) is 21.3 Å². The molecule has 0 aromatic rings. The van der Waals surface area contributed by atoms with Gasteiger partial charge in [0, 0.05) is 0 Å². The number of carbonyl (C=O) groups excluding carboxylic acids is 3. The Morgan fingerprint density at radius 3 is 1.48 bits per heavy atom. The summed E-state index contributed by atoms with van der Waals surface area (Å²) in [5, 5.41) is 0. The minimum atomic E-state index is -0.996. The Balaban J connectivity index is 2.81. The summed E-state index contributed by atoms with van der Waals surface area (Å²) in [5.74, 6) is 0. The van der Waals surface area contributed by atoms with Crippen molar-refractivity contribution in [2.45, 2.75) is 37.6 Å². The van der Waals surface area contributed by atoms with Crippen molar-refractivity contribution in [3.8, 4) is 0 Å². The lowest BCUT2D eigenvalue weighted by Gasteiger charge is -2.35. The van der Waals surface area contributed by atoms with Crippen molar-refractivity contribution in [3.05, 3.63) is 0 Å². The summed E-state index contributed by atoms with van der Waals surface area (Å²) in [6, 6.07) is 0. The molecule has 1 fully saturated rings. The Labute approximate surface area is 121 Å². The fourth-order valence-electron chi connectivity index (χ4n) is 1.99. The molecule has 1 rings (SSSR count). The maximum absolute atomic E-state index is 11.3. The number of methoxy groups -OCH3 is 3. The topological polar surface area (TPSA) is 107 Å². The van der Waals surface area contributed by atoms with E-state index in [1.165, 1.54) is 0 Å². The Kier molecular flexibility index (Phi) is 6.57. The largest absolute Gasteiger partial charge is 0.508 e. The van der Waals surface area contributed by atoms with E-state index in [4.69, 9.17) is 14.2 Å². The Bertz CT molecular complexity index is 355. The second-order valence-electron chi connectivity index (χ2n) is 4.19. The van der Waals surface area contributed by atoms with Crippen LogP contribution in [0.2, 0.25) is 0 Å². The number of carbonyl (C=O) groups is 3. The zero-order valence-electron chi connectivity index (χ0n) is 12.0. The van der Waals surface area contributed by atoms with E-state index in [2.05, 4.69) is 14.2 Å². The van der Waals surface area contributed by atoms with E-state index in [0.717, 1.165) is 21.3 Å². The van der Waals surface area contributed by atoms with E-state index in [1.54, 1.807) is 0 Å². The molecule has 21 heavy (non-hydrogen) atoms. The third kappa shape index (κ3) is 5.01. The third-order valence-electron chi connectivity index (χ3n) is 2.94. The summed E-state index contributed by atoms with van der Waals surface area (Å²) in [4.78, 5) is 33.7. The SMILES string of the molecule is COC(=O)OC1CCCC(OC(=O)OC)C1OC(=O)OC. The Morgan fingerprint density at radius 1 is 0.714 bits per heavy atom. The molecule has 1 aliphatic rings. The van der Waals surface area contributed by atoms with Crippen molar-refractivity contribution in [1.29, 1.82) is 0 Å². The molecule has 120 valence electrons. The van der Waals surface area contributed by atoms with Crippen LogP contribution in [0.4, 0.5) is 14.4 Å². The van der Waals surface area contributed by atoms with E-state index in [0.29, 0.717) is 19.3 Å². The van der Waals surface area contributed by atoms with E-state index in [1.807, 2.05) is 0 Å². The van der Waals surface area contributed by atoms with Gasteiger partial charge in [0.25, 0.3) is 0 Å². The van der Waals surface area contributed by atoms with Crippen LogP contribution in [0.15, 0.2) is 0 Å². The van der Waals surface area contributed by atoms with Crippen molar-refractivity contribution in [3.63, 3.8) is 0 Å². The van der Waals surface area contributed by atoms with Gasteiger partial charge in [-0.15, -0.1) is 0 Å². The number of hydrogen-bond donors (Lipinski definition) is 0. The highest BCUT2D eigenvalue weighted by molar-refractivity contribution is 5.62. The third-order valence-corrected chi connectivity index (χ3v) is 2.94. The van der Waals surface area contributed by atoms with Gasteiger partial charge in [0.05, 0.1) is 21.3 Å². The van der Waals surface area contributed by atoms with Gasteiger partial charge in [-0.2, -0.15) is 0 Å². The molecule has 9 nitrogen and oxygen atoms in total. The number of rotatable bonds is 3. The van der Waals surface area contributed by atoms with E-state index in [9.17, 15) is 14.4 Å². The number of ether oxygens (including phenoxy) is 6. The molecule has 0 amide bonds. The summed E-state index contributed by atoms with van der Waals surface area (Å²) in [7, 11) is 3.45. The first-order valence-corrected chi connectivity index (χ1v) is 6.25. The molecule has 2 unspecified atom stereocenters. The second kappa shape index (κ2) is 8.18. The first-order valence-electron chi connectivity index (χ1n) is 6.25. The van der Waals surface area contributed by atoms with Gasteiger partial charge < -0.3 is 28.4 Å². The molecule has 1 saturated carbocycles. The molecular weight excluding hydrogens is 288 g/mol. The maximum atomic E-state index is 11.3. The first-order chi connectivity index (χ1) is 10.0. The maximum Gasteiger partial charge on any atom is 0.508 e. The van der Waals surface area contributed by atoms with Crippen LogP contribution in [0.5, 0.6) is 0 Å². The lowest BCUT2D eigenvalue weighted by Crippen LogP contribution is -2.48. The molecule has 0 radical (unpaired) electrons. The molecule has 1 aliphatic carbocycles. The zero-order chi connectivity index (χ0) is 15.8. The molecule has 9 heteroatoms. The standard InChI is InChI=1S/C12H18O9/c1-16-10(13)19-7-5-4-6-8(20-11(14)17-2)9(7)21-12(15)18-3/h7-9H,4-6H2,1-3H3. The molecule has 0 aliphatic heterocycles. The highest BCUT2D eigenvalue weighted by Crippen LogP contribution is 2.27. The molecule has 2 atom stereocenters. The van der Waals surface area contributed by atoms with Gasteiger partial charge in [-0.1, -0.05) is 0 Å². The fourth-order valence-corrected chi connectivity index (χ4v) is 1.99. The van der Waals surface area contributed by atoms with E-state index < -0.39 is 36.8 Å². The summed E-state index contributed by atoms with van der Waals surface area (Å²) in [5.41, 5.74) is 0. The van der Waals surface area contributed by atoms with Gasteiger partial charge in [0.15, 0.2) is 6.10 Å². The van der Waals surface area contributed by atoms with Gasteiger partial charge >= 0.3 is 18.5 Å². The van der Waals surface area contributed by atoms with Crippen LogP contribution in [-0.2, 0) is 28.4 Å². The number of hydrogen-bond acceptors (Lipinski definition) is 9. The Hall–Kier alpha value is -2.19. The van der Waals surface area contributed by atoms with Crippen LogP contribution in [-0.4, -0.2) is 58.1 Å². The van der Waals surface area contributed by atoms with Gasteiger partial charge in [-0.25, -0.2) is 14.4 Å². The first kappa shape index (κ1) is 16.9. The summed E-state index contributed by atoms with van der Waals surface area (Å²) in [6.07, 6.45) is -3.96. The van der Waals surface area contributed by atoms with Crippen LogP contribution < -0.4 is 0 Å². The minimum absolute atomic E-state index is 0.428. The van der Waals surface area contributed by atoms with Crippen LogP contribution >= 0.6 is 0 Å². The van der Waals surface area contributed by atoms with Crippen LogP contribution in [0.1, 0.15) is 19.3 Å². The summed E-state index contributed by atoms with van der Waals surface area (Å²) in [6.45, 7) is 0. The normalized spacial score (nSPS) is 24.4. The smallest absolute Gasteiger partial charge is 0.438 e. The minimum Gasteiger partial charge on any atom is -0.438 e. The van der Waals surface area contributed by atoms with Crippen molar-refractivity contribution >= 4 is 18.5 Å². The molecule has 0 aromatic carbocycles. The summed E-state index contributed by atoms with van der Waals surface area (Å²) >= 11 is 0. The molecular formula is C12H18O9. The molecule has 0 bridgehead atoms. The molecule has 0 N–H and O–H groups in total. The van der Waals surface area contributed by atoms with Crippen LogP contribution in [0, 0.1) is 0 Å². The van der Waals surface area contributed by atoms with Gasteiger partial charge in [-0.3, -0.25) is 0 Å². The fraction of sp³-hybridized carbons (Fsp3) is 0.750. The summed E-state index contributed by atoms with van der Waals surface area (Å²) < 4.78 is 28.3. The predicted molar refractivity (Wildman–Crippen MR) is 65.7 cm³/mol. The van der Waals surface area contributed by atoms with Gasteiger partial charge in [-0.05, 0) is 19.3 Å². The molecule has 0 aromatic heterocycles. The van der Waals surface area contributed by atoms with E-state index in [-0.39, 0.29) is 0 Å². The molecule has 0 heterocycles. The second-order valence-corrected chi connectivity index (χ2v) is 4.19. The lowest BCUT2D eigenvalue weighted by molar-refractivity contribution is -0.121. The highest BCUT2D eigenvalue weighted by Gasteiger charge is 2.42. The van der Waals surface area contributed by atoms with Crippen LogP contribution in [0.25, 0.3) is 0 Å². The van der Waals surface area contributed by atoms with Gasteiger partial charge in [0.2, 0.25) is 0 Å².